The van der Waals surface area contributed by atoms with E-state index in [0.717, 1.165) is 19.4 Å². The highest BCUT2D eigenvalue weighted by atomic mass is 35.5. The van der Waals surface area contributed by atoms with Crippen LogP contribution in [0, 0.1) is 0 Å². The minimum absolute atomic E-state index is 0.127. The maximum Gasteiger partial charge on any atom is 0.338 e. The number of ketones is 1. The monoisotopic (exact) mass is 404 g/mol. The maximum atomic E-state index is 12.2. The van der Waals surface area contributed by atoms with E-state index in [2.05, 4.69) is 0 Å². The molecule has 1 heterocycles. The molecule has 1 aliphatic heterocycles. The summed E-state index contributed by atoms with van der Waals surface area (Å²) >= 11 is 6.01. The van der Waals surface area contributed by atoms with E-state index in [-0.39, 0.29) is 18.5 Å². The van der Waals surface area contributed by atoms with E-state index >= 15 is 0 Å². The van der Waals surface area contributed by atoms with Gasteiger partial charge in [0.1, 0.15) is 18.1 Å². The van der Waals surface area contributed by atoms with Crippen LogP contribution in [0.2, 0.25) is 5.02 Å². The Kier molecular flexibility index (Phi) is 6.90. The van der Waals surface area contributed by atoms with E-state index in [4.69, 9.17) is 30.5 Å². The summed E-state index contributed by atoms with van der Waals surface area (Å²) in [6, 6.07) is 11.2. The predicted octanol–water partition coefficient (Wildman–Crippen LogP) is 3.95. The van der Waals surface area contributed by atoms with Gasteiger partial charge in [0.2, 0.25) is 0 Å². The van der Waals surface area contributed by atoms with Gasteiger partial charge in [0.15, 0.2) is 12.4 Å². The molecular weight excluding hydrogens is 384 g/mol. The van der Waals surface area contributed by atoms with Gasteiger partial charge in [0, 0.05) is 12.2 Å². The van der Waals surface area contributed by atoms with Crippen LogP contribution >= 0.6 is 11.6 Å². The number of benzene rings is 2. The van der Waals surface area contributed by atoms with E-state index < -0.39 is 5.97 Å². The molecule has 148 valence electrons. The molecule has 0 bridgehead atoms. The molecule has 1 aliphatic rings. The molecule has 1 fully saturated rings. The lowest BCUT2D eigenvalue weighted by atomic mass is 10.1. The number of rotatable bonds is 8. The molecule has 6 nitrogen and oxygen atoms in total. The first-order chi connectivity index (χ1) is 13.6. The van der Waals surface area contributed by atoms with Crippen molar-refractivity contribution in [1.82, 2.24) is 0 Å². The van der Waals surface area contributed by atoms with Gasteiger partial charge in [0.05, 0.1) is 23.8 Å². The molecule has 0 N–H and O–H groups in total. The van der Waals surface area contributed by atoms with E-state index in [1.165, 1.54) is 13.2 Å². The minimum atomic E-state index is -0.585. The van der Waals surface area contributed by atoms with Gasteiger partial charge in [0.25, 0.3) is 0 Å². The zero-order valence-corrected chi connectivity index (χ0v) is 16.2. The van der Waals surface area contributed by atoms with E-state index in [9.17, 15) is 9.59 Å². The summed E-state index contributed by atoms with van der Waals surface area (Å²) in [6.07, 6.45) is 2.18. The topological polar surface area (TPSA) is 71.1 Å². The molecular formula is C21H21ClO6. The lowest BCUT2D eigenvalue weighted by molar-refractivity contribution is 0.0474. The van der Waals surface area contributed by atoms with Gasteiger partial charge in [-0.25, -0.2) is 4.79 Å². The fourth-order valence-corrected chi connectivity index (χ4v) is 3.05. The highest BCUT2D eigenvalue weighted by Gasteiger charge is 2.17. The van der Waals surface area contributed by atoms with Gasteiger partial charge in [-0.2, -0.15) is 0 Å². The fraction of sp³-hybridized carbons (Fsp3) is 0.333. The van der Waals surface area contributed by atoms with Gasteiger partial charge in [-0.05, 0) is 55.3 Å². The lowest BCUT2D eigenvalue weighted by Crippen LogP contribution is -2.16. The normalized spacial score (nSPS) is 15.9. The highest BCUT2D eigenvalue weighted by molar-refractivity contribution is 6.32. The van der Waals surface area contributed by atoms with Crippen molar-refractivity contribution >= 4 is 23.4 Å². The molecule has 3 rings (SSSR count). The van der Waals surface area contributed by atoms with Crippen LogP contribution in [0.15, 0.2) is 42.5 Å². The number of hydrogen-bond acceptors (Lipinski definition) is 6. The maximum absolute atomic E-state index is 12.2. The zero-order valence-electron chi connectivity index (χ0n) is 15.5. The number of carbonyl (C=O) groups excluding carboxylic acids is 2. The molecule has 0 radical (unpaired) electrons. The number of esters is 1. The van der Waals surface area contributed by atoms with Crippen LogP contribution in [0.25, 0.3) is 0 Å². The van der Waals surface area contributed by atoms with Crippen LogP contribution < -0.4 is 9.47 Å². The van der Waals surface area contributed by atoms with Gasteiger partial charge in [-0.3, -0.25) is 4.79 Å². The molecule has 0 unspecified atom stereocenters. The summed E-state index contributed by atoms with van der Waals surface area (Å²) in [5.41, 5.74) is 0.682. The molecule has 0 saturated carbocycles. The summed E-state index contributed by atoms with van der Waals surface area (Å²) < 4.78 is 21.3. The largest absolute Gasteiger partial charge is 0.495 e. The van der Waals surface area contributed by atoms with Crippen molar-refractivity contribution in [2.75, 3.05) is 26.9 Å². The molecule has 1 atom stereocenters. The van der Waals surface area contributed by atoms with Gasteiger partial charge >= 0.3 is 5.97 Å². The second-order valence-corrected chi connectivity index (χ2v) is 6.73. The number of ether oxygens (including phenoxy) is 4. The van der Waals surface area contributed by atoms with Crippen molar-refractivity contribution in [3.8, 4) is 11.5 Å². The number of carbonyl (C=O) groups is 2. The van der Waals surface area contributed by atoms with E-state index in [0.29, 0.717) is 34.3 Å². The molecule has 0 spiro atoms. The second kappa shape index (κ2) is 9.57. The third kappa shape index (κ3) is 5.24. The third-order valence-electron chi connectivity index (χ3n) is 4.36. The Morgan fingerprint density at radius 2 is 1.89 bits per heavy atom. The van der Waals surface area contributed by atoms with E-state index in [1.54, 1.807) is 36.4 Å². The van der Waals surface area contributed by atoms with Crippen LogP contribution in [-0.2, 0) is 9.47 Å². The Hall–Kier alpha value is -2.57. The zero-order chi connectivity index (χ0) is 19.9. The van der Waals surface area contributed by atoms with Crippen molar-refractivity contribution < 1.29 is 28.5 Å². The molecule has 2 aromatic carbocycles. The molecule has 0 aliphatic carbocycles. The molecule has 1 saturated heterocycles. The Bertz CT molecular complexity index is 827. The second-order valence-electron chi connectivity index (χ2n) is 6.32. The van der Waals surface area contributed by atoms with Crippen molar-refractivity contribution in [2.24, 2.45) is 0 Å². The predicted molar refractivity (Wildman–Crippen MR) is 104 cm³/mol. The molecule has 2 aromatic rings. The summed E-state index contributed by atoms with van der Waals surface area (Å²) in [5, 5.41) is 0.318. The summed E-state index contributed by atoms with van der Waals surface area (Å²) in [5.74, 6) is 0.182. The van der Waals surface area contributed by atoms with Crippen LogP contribution in [0.4, 0.5) is 0 Å². The molecule has 7 heteroatoms. The van der Waals surface area contributed by atoms with Gasteiger partial charge < -0.3 is 18.9 Å². The smallest absolute Gasteiger partial charge is 0.338 e. The minimum Gasteiger partial charge on any atom is -0.495 e. The number of methoxy groups -OCH3 is 1. The average molecular weight is 405 g/mol. The molecule has 0 aromatic heterocycles. The fourth-order valence-electron chi connectivity index (χ4n) is 2.79. The SMILES string of the molecule is COc1ccc(C(=O)COC(=O)c2ccc(OC[C@@H]3CCCO3)cc2)cc1Cl. The summed E-state index contributed by atoms with van der Waals surface area (Å²) in [4.78, 5) is 24.3. The van der Waals surface area contributed by atoms with Crippen LogP contribution in [0.1, 0.15) is 33.6 Å². The molecule has 0 amide bonds. The number of hydrogen-bond donors (Lipinski definition) is 0. The highest BCUT2D eigenvalue weighted by Crippen LogP contribution is 2.25. The van der Waals surface area contributed by atoms with Crippen LogP contribution in [-0.4, -0.2) is 44.8 Å². The Morgan fingerprint density at radius 1 is 1.14 bits per heavy atom. The first-order valence-corrected chi connectivity index (χ1v) is 9.33. The third-order valence-corrected chi connectivity index (χ3v) is 4.65. The van der Waals surface area contributed by atoms with Gasteiger partial charge in [-0.1, -0.05) is 11.6 Å². The van der Waals surface area contributed by atoms with Crippen molar-refractivity contribution in [3.63, 3.8) is 0 Å². The Morgan fingerprint density at radius 3 is 2.54 bits per heavy atom. The Balaban J connectivity index is 1.50. The van der Waals surface area contributed by atoms with E-state index in [1.807, 2.05) is 0 Å². The number of halogens is 1. The van der Waals surface area contributed by atoms with Crippen molar-refractivity contribution in [3.05, 3.63) is 58.6 Å². The average Bonchev–Trinajstić information content (AvgIpc) is 3.24. The van der Waals surface area contributed by atoms with Crippen molar-refractivity contribution in [2.45, 2.75) is 18.9 Å². The Labute approximate surface area is 168 Å². The first-order valence-electron chi connectivity index (χ1n) is 8.95. The van der Waals surface area contributed by atoms with Crippen LogP contribution in [0.3, 0.4) is 0 Å². The molecule has 28 heavy (non-hydrogen) atoms. The van der Waals surface area contributed by atoms with Crippen molar-refractivity contribution in [1.29, 1.82) is 0 Å². The standard InChI is InChI=1S/C21H21ClO6/c1-25-20-9-6-15(11-18(20)22)19(23)13-28-21(24)14-4-7-16(8-5-14)27-12-17-3-2-10-26-17/h4-9,11,17H,2-3,10,12-13H2,1H3/t17-/m0/s1. The quantitative estimate of drug-likeness (QED) is 0.490. The lowest BCUT2D eigenvalue weighted by Gasteiger charge is -2.11. The number of Topliss-reactive ketones (excluding diaryl/α,β-unsaturated/α-hetero) is 1. The summed E-state index contributed by atoms with van der Waals surface area (Å²) in [6.45, 7) is 0.891. The first kappa shape index (κ1) is 20.2. The van der Waals surface area contributed by atoms with Crippen LogP contribution in [0.5, 0.6) is 11.5 Å². The van der Waals surface area contributed by atoms with Gasteiger partial charge in [-0.15, -0.1) is 0 Å². The summed E-state index contributed by atoms with van der Waals surface area (Å²) in [7, 11) is 1.49.